The Morgan fingerprint density at radius 3 is 2.78 bits per heavy atom. The first-order chi connectivity index (χ1) is 13.1. The Bertz CT molecular complexity index is 1070. The second-order valence-electron chi connectivity index (χ2n) is 6.34. The predicted molar refractivity (Wildman–Crippen MR) is 100 cm³/mol. The minimum Gasteiger partial charge on any atom is -0.467 e. The van der Waals surface area contributed by atoms with Gasteiger partial charge in [0.05, 0.1) is 18.0 Å². The summed E-state index contributed by atoms with van der Waals surface area (Å²) in [5, 5.41) is 3.85. The van der Waals surface area contributed by atoms with Crippen molar-refractivity contribution in [1.29, 1.82) is 0 Å². The van der Waals surface area contributed by atoms with Crippen LogP contribution in [0.2, 0.25) is 0 Å². The molecular weight excluding hydrogens is 345 g/mol. The van der Waals surface area contributed by atoms with Crippen molar-refractivity contribution in [3.63, 3.8) is 0 Å². The SMILES string of the molecule is CC(NC(=O)Cn1c(-c2ccc(F)cc2)cc2cccnc21)c1ccco1. The summed E-state index contributed by atoms with van der Waals surface area (Å²) in [7, 11) is 0. The van der Waals surface area contributed by atoms with E-state index in [1.165, 1.54) is 12.1 Å². The lowest BCUT2D eigenvalue weighted by Crippen LogP contribution is -2.30. The van der Waals surface area contributed by atoms with Crippen molar-refractivity contribution in [2.45, 2.75) is 19.5 Å². The number of halogens is 1. The largest absolute Gasteiger partial charge is 0.467 e. The molecule has 0 radical (unpaired) electrons. The fourth-order valence-corrected chi connectivity index (χ4v) is 3.15. The van der Waals surface area contributed by atoms with Crippen LogP contribution in [0.1, 0.15) is 18.7 Å². The number of rotatable bonds is 5. The highest BCUT2D eigenvalue weighted by Crippen LogP contribution is 2.27. The highest BCUT2D eigenvalue weighted by molar-refractivity contribution is 5.87. The van der Waals surface area contributed by atoms with Crippen LogP contribution in [0.15, 0.2) is 71.5 Å². The molecule has 3 heterocycles. The lowest BCUT2D eigenvalue weighted by atomic mass is 10.1. The number of aromatic nitrogens is 2. The van der Waals surface area contributed by atoms with E-state index in [9.17, 15) is 9.18 Å². The molecule has 0 saturated carbocycles. The van der Waals surface area contributed by atoms with Crippen molar-refractivity contribution < 1.29 is 13.6 Å². The first-order valence-electron chi connectivity index (χ1n) is 8.65. The van der Waals surface area contributed by atoms with Crippen LogP contribution in [0, 0.1) is 5.82 Å². The van der Waals surface area contributed by atoms with Gasteiger partial charge in [-0.05, 0) is 67.1 Å². The van der Waals surface area contributed by atoms with Crippen LogP contribution in [-0.2, 0) is 11.3 Å². The Balaban J connectivity index is 1.66. The summed E-state index contributed by atoms with van der Waals surface area (Å²) in [4.78, 5) is 17.1. The Kier molecular flexibility index (Phi) is 4.46. The van der Waals surface area contributed by atoms with Gasteiger partial charge in [-0.2, -0.15) is 0 Å². The first kappa shape index (κ1) is 17.0. The summed E-state index contributed by atoms with van der Waals surface area (Å²) in [5.41, 5.74) is 2.34. The predicted octanol–water partition coefficient (Wildman–Crippen LogP) is 4.31. The number of carbonyl (C=O) groups excluding carboxylic acids is 1. The third-order valence-corrected chi connectivity index (χ3v) is 4.44. The molecule has 27 heavy (non-hydrogen) atoms. The molecule has 5 nitrogen and oxygen atoms in total. The third-order valence-electron chi connectivity index (χ3n) is 4.44. The van der Waals surface area contributed by atoms with Crippen molar-refractivity contribution in [3.05, 3.63) is 78.6 Å². The number of carbonyl (C=O) groups is 1. The highest BCUT2D eigenvalue weighted by Gasteiger charge is 2.17. The van der Waals surface area contributed by atoms with Crippen molar-refractivity contribution >= 4 is 16.9 Å². The fourth-order valence-electron chi connectivity index (χ4n) is 3.15. The smallest absolute Gasteiger partial charge is 0.240 e. The van der Waals surface area contributed by atoms with E-state index in [2.05, 4.69) is 10.3 Å². The zero-order valence-corrected chi connectivity index (χ0v) is 14.7. The number of nitrogens with one attached hydrogen (secondary N) is 1. The molecule has 0 fully saturated rings. The quantitative estimate of drug-likeness (QED) is 0.575. The maximum absolute atomic E-state index is 13.3. The number of fused-ring (bicyclic) bond motifs is 1. The van der Waals surface area contributed by atoms with Gasteiger partial charge < -0.3 is 14.3 Å². The molecule has 1 atom stereocenters. The maximum atomic E-state index is 13.3. The number of hydrogen-bond acceptors (Lipinski definition) is 3. The van der Waals surface area contributed by atoms with E-state index in [0.717, 1.165) is 16.6 Å². The number of amides is 1. The topological polar surface area (TPSA) is 60.1 Å². The lowest BCUT2D eigenvalue weighted by molar-refractivity contribution is -0.122. The molecular formula is C21H18FN3O2. The van der Waals surface area contributed by atoms with Crippen LogP contribution in [0.3, 0.4) is 0 Å². The Morgan fingerprint density at radius 1 is 1.22 bits per heavy atom. The average molecular weight is 363 g/mol. The van der Waals surface area contributed by atoms with Gasteiger partial charge in [0.25, 0.3) is 0 Å². The Labute approximate surface area is 155 Å². The molecule has 0 aliphatic rings. The van der Waals surface area contributed by atoms with E-state index in [-0.39, 0.29) is 24.3 Å². The molecule has 1 N–H and O–H groups in total. The van der Waals surface area contributed by atoms with Crippen LogP contribution in [-0.4, -0.2) is 15.5 Å². The maximum Gasteiger partial charge on any atom is 0.240 e. The van der Waals surface area contributed by atoms with E-state index in [1.54, 1.807) is 30.7 Å². The molecule has 0 spiro atoms. The van der Waals surface area contributed by atoms with Crippen LogP contribution in [0.25, 0.3) is 22.3 Å². The molecule has 4 rings (SSSR count). The van der Waals surface area contributed by atoms with E-state index < -0.39 is 0 Å². The number of furan rings is 1. The minimum absolute atomic E-state index is 0.0955. The second-order valence-corrected chi connectivity index (χ2v) is 6.34. The number of pyridine rings is 1. The van der Waals surface area contributed by atoms with Gasteiger partial charge in [-0.25, -0.2) is 9.37 Å². The van der Waals surface area contributed by atoms with Gasteiger partial charge in [0.2, 0.25) is 5.91 Å². The summed E-state index contributed by atoms with van der Waals surface area (Å²) in [6.45, 7) is 1.96. The Morgan fingerprint density at radius 2 is 2.04 bits per heavy atom. The molecule has 6 heteroatoms. The molecule has 0 bridgehead atoms. The zero-order valence-electron chi connectivity index (χ0n) is 14.7. The highest BCUT2D eigenvalue weighted by atomic mass is 19.1. The first-order valence-corrected chi connectivity index (χ1v) is 8.65. The summed E-state index contributed by atoms with van der Waals surface area (Å²) in [6, 6.07) is 15.3. The average Bonchev–Trinajstić information content (AvgIpc) is 3.31. The number of benzene rings is 1. The monoisotopic (exact) mass is 363 g/mol. The van der Waals surface area contributed by atoms with Gasteiger partial charge in [0, 0.05) is 11.6 Å². The fraction of sp³-hybridized carbons (Fsp3) is 0.143. The van der Waals surface area contributed by atoms with Crippen LogP contribution in [0.4, 0.5) is 4.39 Å². The molecule has 0 aliphatic heterocycles. The van der Waals surface area contributed by atoms with Crippen molar-refractivity contribution in [1.82, 2.24) is 14.9 Å². The van der Waals surface area contributed by atoms with Gasteiger partial charge in [0.1, 0.15) is 23.8 Å². The standard InChI is InChI=1S/C21H18FN3O2/c1-14(19-5-3-11-27-19)24-20(26)13-25-18(15-6-8-17(22)9-7-15)12-16-4-2-10-23-21(16)25/h2-12,14H,13H2,1H3,(H,24,26). The van der Waals surface area contributed by atoms with E-state index in [4.69, 9.17) is 4.42 Å². The molecule has 0 saturated heterocycles. The van der Waals surface area contributed by atoms with Gasteiger partial charge in [0.15, 0.2) is 0 Å². The van der Waals surface area contributed by atoms with Gasteiger partial charge >= 0.3 is 0 Å². The van der Waals surface area contributed by atoms with Gasteiger partial charge in [-0.3, -0.25) is 4.79 Å². The molecule has 1 aromatic carbocycles. The number of hydrogen-bond donors (Lipinski definition) is 1. The van der Waals surface area contributed by atoms with E-state index >= 15 is 0 Å². The van der Waals surface area contributed by atoms with Crippen molar-refractivity contribution in [2.75, 3.05) is 0 Å². The van der Waals surface area contributed by atoms with Gasteiger partial charge in [-0.1, -0.05) is 0 Å². The van der Waals surface area contributed by atoms with Crippen LogP contribution in [0.5, 0.6) is 0 Å². The molecule has 1 unspecified atom stereocenters. The number of nitrogens with zero attached hydrogens (tertiary/aromatic N) is 2. The molecule has 3 aromatic heterocycles. The summed E-state index contributed by atoms with van der Waals surface area (Å²) in [5.74, 6) is 0.229. The van der Waals surface area contributed by atoms with Crippen molar-refractivity contribution in [3.8, 4) is 11.3 Å². The molecule has 1 amide bonds. The minimum atomic E-state index is -0.301. The Hall–Kier alpha value is -3.41. The normalized spacial score (nSPS) is 12.2. The van der Waals surface area contributed by atoms with E-state index in [1.807, 2.05) is 35.8 Å². The summed E-state index contributed by atoms with van der Waals surface area (Å²) < 4.78 is 20.5. The lowest BCUT2D eigenvalue weighted by Gasteiger charge is -2.14. The molecule has 0 aliphatic carbocycles. The zero-order chi connectivity index (χ0) is 18.8. The van der Waals surface area contributed by atoms with E-state index in [0.29, 0.717) is 11.4 Å². The van der Waals surface area contributed by atoms with Crippen LogP contribution < -0.4 is 5.32 Å². The van der Waals surface area contributed by atoms with Gasteiger partial charge in [-0.15, -0.1) is 0 Å². The molecule has 4 aromatic rings. The molecule has 136 valence electrons. The summed E-state index contributed by atoms with van der Waals surface area (Å²) in [6.07, 6.45) is 3.27. The summed E-state index contributed by atoms with van der Waals surface area (Å²) >= 11 is 0. The van der Waals surface area contributed by atoms with Crippen molar-refractivity contribution in [2.24, 2.45) is 0 Å². The third kappa shape index (κ3) is 3.46. The van der Waals surface area contributed by atoms with Crippen LogP contribution >= 0.6 is 0 Å². The second kappa shape index (κ2) is 7.07.